The number of aromatic nitrogens is 1. The molecule has 0 N–H and O–H groups in total. The van der Waals surface area contributed by atoms with Crippen LogP contribution in [0.1, 0.15) is 23.0 Å². The molecule has 0 saturated heterocycles. The van der Waals surface area contributed by atoms with Crippen LogP contribution in [0.15, 0.2) is 42.5 Å². The predicted molar refractivity (Wildman–Crippen MR) is 105 cm³/mol. The van der Waals surface area contributed by atoms with Gasteiger partial charge in [0.15, 0.2) is 0 Å². The number of methoxy groups -OCH3 is 1. The Morgan fingerprint density at radius 2 is 1.77 bits per heavy atom. The van der Waals surface area contributed by atoms with Gasteiger partial charge in [0.05, 0.1) is 30.3 Å². The number of nitrogens with zero attached hydrogens (tertiary/aromatic N) is 1. The lowest BCUT2D eigenvalue weighted by atomic mass is 10.0. The molecule has 2 aromatic carbocycles. The summed E-state index contributed by atoms with van der Waals surface area (Å²) < 4.78 is 12.7. The molecule has 0 amide bonds. The molecule has 0 spiro atoms. The molecule has 4 aromatic rings. The number of hydrogen-bond acceptors (Lipinski definition) is 3. The number of carbonyl (C=O) groups excluding carboxylic acids is 1. The van der Waals surface area contributed by atoms with Gasteiger partial charge in [-0.15, -0.1) is 0 Å². The van der Waals surface area contributed by atoms with Crippen LogP contribution in [-0.4, -0.2) is 24.1 Å². The zero-order valence-corrected chi connectivity index (χ0v) is 15.6. The lowest BCUT2D eigenvalue weighted by Crippen LogP contribution is -2.05. The second-order valence-corrected chi connectivity index (χ2v) is 6.59. The van der Waals surface area contributed by atoms with Crippen LogP contribution in [0.3, 0.4) is 0 Å². The van der Waals surface area contributed by atoms with Gasteiger partial charge >= 0.3 is 5.97 Å². The smallest absolute Gasteiger partial charge is 0.339 e. The van der Waals surface area contributed by atoms with Crippen molar-refractivity contribution < 1.29 is 14.3 Å². The molecule has 26 heavy (non-hydrogen) atoms. The van der Waals surface area contributed by atoms with Crippen molar-refractivity contribution in [1.29, 1.82) is 0 Å². The molecule has 0 atom stereocenters. The van der Waals surface area contributed by atoms with Crippen LogP contribution in [0.25, 0.3) is 27.2 Å². The topological polar surface area (TPSA) is 39.9 Å². The van der Waals surface area contributed by atoms with E-state index >= 15 is 0 Å². The molecule has 0 saturated carbocycles. The van der Waals surface area contributed by atoms with Crippen molar-refractivity contribution in [1.82, 2.24) is 4.40 Å². The average Bonchev–Trinajstić information content (AvgIpc) is 2.99. The molecule has 0 aliphatic carbocycles. The molecule has 132 valence electrons. The summed E-state index contributed by atoms with van der Waals surface area (Å²) in [5.74, 6) is 0.448. The SMILES string of the molecule is CCOC(=O)c1cc2c3cc(OC)ccc3c3ccc(Cl)cc3n2c1C. The fourth-order valence-electron chi connectivity index (χ4n) is 3.55. The summed E-state index contributed by atoms with van der Waals surface area (Å²) in [7, 11) is 1.65. The fraction of sp³-hybridized carbons (Fsp3) is 0.190. The number of halogens is 1. The van der Waals surface area contributed by atoms with E-state index in [0.717, 1.165) is 38.6 Å². The van der Waals surface area contributed by atoms with Crippen LogP contribution in [0.5, 0.6) is 5.75 Å². The van der Waals surface area contributed by atoms with E-state index in [1.807, 2.05) is 49.4 Å². The highest BCUT2D eigenvalue weighted by Crippen LogP contribution is 2.35. The highest BCUT2D eigenvalue weighted by Gasteiger charge is 2.19. The number of esters is 1. The van der Waals surface area contributed by atoms with E-state index in [-0.39, 0.29) is 5.97 Å². The van der Waals surface area contributed by atoms with E-state index < -0.39 is 0 Å². The highest BCUT2D eigenvalue weighted by molar-refractivity contribution is 6.31. The van der Waals surface area contributed by atoms with E-state index in [4.69, 9.17) is 21.1 Å². The zero-order valence-electron chi connectivity index (χ0n) is 14.8. The van der Waals surface area contributed by atoms with E-state index in [1.165, 1.54) is 0 Å². The number of hydrogen-bond donors (Lipinski definition) is 0. The maximum absolute atomic E-state index is 12.4. The van der Waals surface area contributed by atoms with Gasteiger partial charge in [-0.25, -0.2) is 4.79 Å². The summed E-state index contributed by atoms with van der Waals surface area (Å²) in [5.41, 5.74) is 3.27. The number of pyridine rings is 1. The molecule has 0 fully saturated rings. The second-order valence-electron chi connectivity index (χ2n) is 6.16. The van der Waals surface area contributed by atoms with Gasteiger partial charge in [-0.05, 0) is 55.6 Å². The molecule has 2 aromatic heterocycles. The largest absolute Gasteiger partial charge is 0.497 e. The van der Waals surface area contributed by atoms with Crippen molar-refractivity contribution in [2.24, 2.45) is 0 Å². The minimum absolute atomic E-state index is 0.320. The first-order chi connectivity index (χ1) is 12.5. The Hall–Kier alpha value is -2.72. The van der Waals surface area contributed by atoms with Gasteiger partial charge in [0.2, 0.25) is 0 Å². The van der Waals surface area contributed by atoms with Crippen LogP contribution < -0.4 is 4.74 Å². The first-order valence-corrected chi connectivity index (χ1v) is 8.81. The van der Waals surface area contributed by atoms with E-state index in [9.17, 15) is 4.79 Å². The summed E-state index contributed by atoms with van der Waals surface area (Å²) in [5, 5.41) is 3.81. The number of aryl methyl sites for hydroxylation is 1. The molecule has 2 heterocycles. The van der Waals surface area contributed by atoms with Gasteiger partial charge in [0, 0.05) is 21.5 Å². The minimum atomic E-state index is -0.320. The number of ether oxygens (including phenoxy) is 2. The van der Waals surface area contributed by atoms with Crippen molar-refractivity contribution in [2.75, 3.05) is 13.7 Å². The highest BCUT2D eigenvalue weighted by atomic mass is 35.5. The second kappa shape index (κ2) is 6.22. The molecule has 4 rings (SSSR count). The van der Waals surface area contributed by atoms with Crippen LogP contribution in [-0.2, 0) is 4.74 Å². The summed E-state index contributed by atoms with van der Waals surface area (Å²) in [6.45, 7) is 4.07. The third kappa shape index (κ3) is 2.41. The Balaban J connectivity index is 2.22. The third-order valence-electron chi connectivity index (χ3n) is 4.74. The minimum Gasteiger partial charge on any atom is -0.497 e. The lowest BCUT2D eigenvalue weighted by Gasteiger charge is -2.12. The summed E-state index contributed by atoms with van der Waals surface area (Å²) >= 11 is 6.26. The lowest BCUT2D eigenvalue weighted by molar-refractivity contribution is 0.0525. The molecule has 0 aliphatic heterocycles. The van der Waals surface area contributed by atoms with Gasteiger partial charge in [-0.2, -0.15) is 0 Å². The van der Waals surface area contributed by atoms with Crippen LogP contribution >= 0.6 is 11.6 Å². The summed E-state index contributed by atoms with van der Waals surface area (Å²) in [4.78, 5) is 12.4. The molecule has 4 nitrogen and oxygen atoms in total. The normalized spacial score (nSPS) is 11.4. The number of rotatable bonds is 3. The quantitative estimate of drug-likeness (QED) is 0.360. The van der Waals surface area contributed by atoms with Crippen molar-refractivity contribution in [2.45, 2.75) is 13.8 Å². The molecule has 0 bridgehead atoms. The number of benzene rings is 2. The molecule has 0 unspecified atom stereocenters. The fourth-order valence-corrected chi connectivity index (χ4v) is 3.71. The summed E-state index contributed by atoms with van der Waals surface area (Å²) in [6, 6.07) is 13.7. The predicted octanol–water partition coefficient (Wildman–Crippen LogP) is 5.39. The van der Waals surface area contributed by atoms with Crippen molar-refractivity contribution in [3.05, 3.63) is 58.7 Å². The Bertz CT molecular complexity index is 1180. The van der Waals surface area contributed by atoms with Gasteiger partial charge in [-0.1, -0.05) is 17.7 Å². The molecular formula is C21H18ClNO3. The Kier molecular flexibility index (Phi) is 4.00. The third-order valence-corrected chi connectivity index (χ3v) is 4.97. The standard InChI is InChI=1S/C21H18ClNO3/c1-4-26-21(24)17-11-20-18-10-14(25-3)6-8-15(18)16-7-5-13(22)9-19(16)23(20)12(17)2/h5-11H,4H2,1-3H3. The maximum atomic E-state index is 12.4. The van der Waals surface area contributed by atoms with E-state index in [2.05, 4.69) is 4.40 Å². The number of fused-ring (bicyclic) bond motifs is 6. The van der Waals surface area contributed by atoms with Crippen LogP contribution in [0, 0.1) is 6.92 Å². The van der Waals surface area contributed by atoms with E-state index in [0.29, 0.717) is 17.2 Å². The van der Waals surface area contributed by atoms with Crippen molar-refractivity contribution in [3.8, 4) is 5.75 Å². The van der Waals surface area contributed by atoms with Crippen LogP contribution in [0.4, 0.5) is 0 Å². The van der Waals surface area contributed by atoms with Gasteiger partial charge in [0.1, 0.15) is 5.75 Å². The van der Waals surface area contributed by atoms with Crippen molar-refractivity contribution >= 4 is 44.8 Å². The average molecular weight is 368 g/mol. The van der Waals surface area contributed by atoms with Gasteiger partial charge < -0.3 is 13.9 Å². The molecule has 0 radical (unpaired) electrons. The Morgan fingerprint density at radius 3 is 2.50 bits per heavy atom. The first-order valence-electron chi connectivity index (χ1n) is 8.43. The van der Waals surface area contributed by atoms with Crippen LogP contribution in [0.2, 0.25) is 5.02 Å². The molecule has 5 heteroatoms. The number of carbonyl (C=O) groups is 1. The first kappa shape index (κ1) is 16.7. The van der Waals surface area contributed by atoms with Gasteiger partial charge in [-0.3, -0.25) is 0 Å². The Morgan fingerprint density at radius 1 is 1.04 bits per heavy atom. The zero-order chi connectivity index (χ0) is 18.4. The monoisotopic (exact) mass is 367 g/mol. The summed E-state index contributed by atoms with van der Waals surface area (Å²) in [6.07, 6.45) is 0. The van der Waals surface area contributed by atoms with Crippen molar-refractivity contribution in [3.63, 3.8) is 0 Å². The van der Waals surface area contributed by atoms with E-state index in [1.54, 1.807) is 14.0 Å². The molecular weight excluding hydrogens is 350 g/mol. The van der Waals surface area contributed by atoms with Gasteiger partial charge in [0.25, 0.3) is 0 Å². The maximum Gasteiger partial charge on any atom is 0.339 e. The Labute approximate surface area is 155 Å². The molecule has 0 aliphatic rings.